The fourth-order valence-electron chi connectivity index (χ4n) is 0. The van der Waals surface area contributed by atoms with Gasteiger partial charge in [-0.05, 0) is 20.8 Å². The van der Waals surface area contributed by atoms with Crippen LogP contribution in [0.1, 0.15) is 20.8 Å². The van der Waals surface area contributed by atoms with Crippen molar-refractivity contribution in [3.05, 3.63) is 0 Å². The molecule has 0 radical (unpaired) electrons. The summed E-state index contributed by atoms with van der Waals surface area (Å²) in [5.41, 5.74) is 0. The lowest BCUT2D eigenvalue weighted by Crippen LogP contribution is -1.74. The monoisotopic (exact) mass is 220 g/mol. The molecule has 0 amide bonds. The Morgan fingerprint density at radius 2 is 0.846 bits per heavy atom. The van der Waals surface area contributed by atoms with Crippen LogP contribution in [0.25, 0.3) is 0 Å². The summed E-state index contributed by atoms with van der Waals surface area (Å²) >= 11 is -2.61. The van der Waals surface area contributed by atoms with E-state index in [0.29, 0.717) is 0 Å². The fraction of sp³-hybridized carbons (Fsp3) is 1.00. The van der Waals surface area contributed by atoms with E-state index < -0.39 is 11.4 Å². The van der Waals surface area contributed by atoms with Gasteiger partial charge in [0.1, 0.15) is 0 Å². The Morgan fingerprint density at radius 3 is 0.846 bits per heavy atom. The van der Waals surface area contributed by atoms with Gasteiger partial charge < -0.3 is 15.3 Å². The maximum absolute atomic E-state index is 8.67. The number of hydrogen-bond donors (Lipinski definition) is 5. The van der Waals surface area contributed by atoms with E-state index in [0.717, 1.165) is 0 Å². The second-order valence-corrected chi connectivity index (χ2v) is 1.64. The number of aliphatic hydroxyl groups excluding tert-OH is 3. The minimum atomic E-state index is -2.61. The van der Waals surface area contributed by atoms with Crippen molar-refractivity contribution in [3.63, 3.8) is 0 Å². The van der Waals surface area contributed by atoms with E-state index in [2.05, 4.69) is 0 Å². The molecule has 0 aromatic heterocycles. The Kier molecular flexibility index (Phi) is 71.9. The molecule has 7 heteroatoms. The van der Waals surface area contributed by atoms with E-state index in [1.165, 1.54) is 0 Å². The molecule has 0 unspecified atom stereocenters. The minimum Gasteiger partial charge on any atom is -0.397 e. The zero-order chi connectivity index (χ0) is 11.7. The Morgan fingerprint density at radius 1 is 0.846 bits per heavy atom. The fourth-order valence-corrected chi connectivity index (χ4v) is 0. The standard InChI is InChI=1S/3C2H6O.H2O3S/c3*1-2-3;1-4(2)3/h3*3H,2H2,1H3;(H2,1,2,3). The summed E-state index contributed by atoms with van der Waals surface area (Å²) in [6.07, 6.45) is 0. The first-order valence-corrected chi connectivity index (χ1v) is 4.67. The van der Waals surface area contributed by atoms with Crippen LogP contribution in [0, 0.1) is 0 Å². The molecule has 86 valence electrons. The normalized spacial score (nSPS) is 6.85. The third-order valence-corrected chi connectivity index (χ3v) is 0. The first kappa shape index (κ1) is 23.1. The molecular weight excluding hydrogens is 200 g/mol. The van der Waals surface area contributed by atoms with Crippen molar-refractivity contribution >= 4 is 11.4 Å². The first-order valence-electron chi connectivity index (χ1n) is 3.60. The second kappa shape index (κ2) is 40.5. The van der Waals surface area contributed by atoms with Gasteiger partial charge >= 0.3 is 0 Å². The molecule has 0 rings (SSSR count). The molecule has 5 N–H and O–H groups in total. The predicted octanol–water partition coefficient (Wildman–Crippen LogP) is -0.323. The zero-order valence-corrected chi connectivity index (χ0v) is 8.99. The second-order valence-electron chi connectivity index (χ2n) is 1.18. The van der Waals surface area contributed by atoms with Crippen LogP contribution in [0.15, 0.2) is 0 Å². The van der Waals surface area contributed by atoms with Crippen molar-refractivity contribution in [1.82, 2.24) is 0 Å². The van der Waals surface area contributed by atoms with Crippen molar-refractivity contribution in [3.8, 4) is 0 Å². The molecule has 0 aliphatic heterocycles. The maximum atomic E-state index is 8.67. The van der Waals surface area contributed by atoms with Crippen LogP contribution in [0.2, 0.25) is 0 Å². The van der Waals surface area contributed by atoms with E-state index in [-0.39, 0.29) is 19.8 Å². The quantitative estimate of drug-likeness (QED) is 0.357. The van der Waals surface area contributed by atoms with E-state index in [4.69, 9.17) is 28.6 Å². The molecule has 0 atom stereocenters. The van der Waals surface area contributed by atoms with E-state index in [9.17, 15) is 0 Å². The van der Waals surface area contributed by atoms with Gasteiger partial charge in [0.15, 0.2) is 0 Å². The van der Waals surface area contributed by atoms with Crippen molar-refractivity contribution in [2.24, 2.45) is 0 Å². The lowest BCUT2D eigenvalue weighted by molar-refractivity contribution is 0.318. The molecule has 0 spiro atoms. The Hall–Kier alpha value is -0.0500. The summed E-state index contributed by atoms with van der Waals surface area (Å²) in [4.78, 5) is 0. The highest BCUT2D eigenvalue weighted by Gasteiger charge is 1.62. The third kappa shape index (κ3) is 473000. The molecule has 0 saturated heterocycles. The van der Waals surface area contributed by atoms with Crippen molar-refractivity contribution < 1.29 is 28.6 Å². The highest BCUT2D eigenvalue weighted by atomic mass is 32.2. The van der Waals surface area contributed by atoms with Gasteiger partial charge in [0.25, 0.3) is 11.4 Å². The molecule has 0 aliphatic carbocycles. The lowest BCUT2D eigenvalue weighted by atomic mass is 10.9. The maximum Gasteiger partial charge on any atom is 0.299 e. The third-order valence-electron chi connectivity index (χ3n) is 0. The topological polar surface area (TPSA) is 118 Å². The van der Waals surface area contributed by atoms with Crippen LogP contribution in [0.3, 0.4) is 0 Å². The van der Waals surface area contributed by atoms with Gasteiger partial charge in [0, 0.05) is 19.8 Å². The molecule has 13 heavy (non-hydrogen) atoms. The van der Waals surface area contributed by atoms with Gasteiger partial charge in [-0.15, -0.1) is 0 Å². The van der Waals surface area contributed by atoms with Crippen LogP contribution >= 0.6 is 0 Å². The zero-order valence-electron chi connectivity index (χ0n) is 8.17. The SMILES string of the molecule is CCO.CCO.CCO.O=S(O)O. The molecular formula is C6H20O6S. The molecule has 0 aliphatic rings. The summed E-state index contributed by atoms with van der Waals surface area (Å²) in [6, 6.07) is 0. The number of rotatable bonds is 0. The number of aliphatic hydroxyl groups is 3. The molecule has 0 heterocycles. The number of hydrogen-bond acceptors (Lipinski definition) is 4. The average Bonchev–Trinajstić information content (AvgIpc) is 1.88. The van der Waals surface area contributed by atoms with Crippen LogP contribution in [-0.4, -0.2) is 48.5 Å². The molecule has 0 bridgehead atoms. The Balaban J connectivity index is -0.0000000420. The highest BCUT2D eigenvalue weighted by molar-refractivity contribution is 7.73. The minimum absolute atomic E-state index is 0.250. The molecule has 0 aromatic carbocycles. The van der Waals surface area contributed by atoms with Crippen LogP contribution in [-0.2, 0) is 11.4 Å². The van der Waals surface area contributed by atoms with Gasteiger partial charge in [-0.1, -0.05) is 0 Å². The Bertz CT molecular complexity index is 61.4. The smallest absolute Gasteiger partial charge is 0.299 e. The van der Waals surface area contributed by atoms with Crippen molar-refractivity contribution in [2.45, 2.75) is 20.8 Å². The van der Waals surface area contributed by atoms with E-state index in [1.807, 2.05) is 0 Å². The van der Waals surface area contributed by atoms with Crippen molar-refractivity contribution in [1.29, 1.82) is 0 Å². The average molecular weight is 220 g/mol. The Labute approximate surface area is 81.3 Å². The summed E-state index contributed by atoms with van der Waals surface area (Å²) in [5, 5.41) is 22.7. The van der Waals surface area contributed by atoms with Gasteiger partial charge in [0.2, 0.25) is 0 Å². The lowest BCUT2D eigenvalue weighted by Gasteiger charge is -1.59. The van der Waals surface area contributed by atoms with Crippen LogP contribution in [0.5, 0.6) is 0 Å². The summed E-state index contributed by atoms with van der Waals surface area (Å²) < 4.78 is 22.8. The molecule has 0 aromatic rings. The predicted molar refractivity (Wildman–Crippen MR) is 51.7 cm³/mol. The van der Waals surface area contributed by atoms with Gasteiger partial charge in [-0.3, -0.25) is 9.11 Å². The van der Waals surface area contributed by atoms with Gasteiger partial charge in [0.05, 0.1) is 0 Å². The van der Waals surface area contributed by atoms with Crippen LogP contribution < -0.4 is 0 Å². The first-order chi connectivity index (χ1) is 5.97. The molecule has 0 saturated carbocycles. The highest BCUT2D eigenvalue weighted by Crippen LogP contribution is 1.44. The van der Waals surface area contributed by atoms with E-state index >= 15 is 0 Å². The summed E-state index contributed by atoms with van der Waals surface area (Å²) in [7, 11) is 0. The van der Waals surface area contributed by atoms with Gasteiger partial charge in [-0.2, -0.15) is 4.21 Å². The van der Waals surface area contributed by atoms with Crippen molar-refractivity contribution in [2.75, 3.05) is 19.8 Å². The summed E-state index contributed by atoms with van der Waals surface area (Å²) in [5.74, 6) is 0. The largest absolute Gasteiger partial charge is 0.397 e. The van der Waals surface area contributed by atoms with Gasteiger partial charge in [-0.25, -0.2) is 0 Å². The molecule has 6 nitrogen and oxygen atoms in total. The van der Waals surface area contributed by atoms with E-state index in [1.54, 1.807) is 20.8 Å². The van der Waals surface area contributed by atoms with Crippen LogP contribution in [0.4, 0.5) is 0 Å². The molecule has 0 fully saturated rings. The summed E-state index contributed by atoms with van der Waals surface area (Å²) in [6.45, 7) is 5.79.